The molecule has 1 rings (SSSR count). The second-order valence-corrected chi connectivity index (χ2v) is 3.61. The molecule has 92 valence electrons. The van der Waals surface area contributed by atoms with Crippen molar-refractivity contribution in [1.82, 2.24) is 0 Å². The normalized spacial score (nSPS) is 9.56. The largest absolute Gasteiger partial charge is 0.373 e. The molecule has 1 aromatic rings. The Labute approximate surface area is 100 Å². The monoisotopic (exact) mass is 301 g/mol. The van der Waals surface area contributed by atoms with Gasteiger partial charge in [-0.25, -0.2) is 17.6 Å². The Morgan fingerprint density at radius 2 is 1.12 bits per heavy atom. The van der Waals surface area contributed by atoms with Crippen LogP contribution in [0.3, 0.4) is 0 Å². The maximum Gasteiger partial charge on any atom is 0.186 e. The lowest BCUT2D eigenvalue weighted by Crippen LogP contribution is -2.15. The topological polar surface area (TPSA) is 3.24 Å². The summed E-state index contributed by atoms with van der Waals surface area (Å²) in [5.41, 5.74) is -0.733. The molecule has 1 nitrogen and oxygen atoms in total. The second-order valence-electron chi connectivity index (χ2n) is 2.81. The van der Waals surface area contributed by atoms with Crippen LogP contribution in [-0.2, 0) is 0 Å². The molecular formula is C10H12BrF4N. The van der Waals surface area contributed by atoms with E-state index in [4.69, 9.17) is 0 Å². The third-order valence-electron chi connectivity index (χ3n) is 1.63. The molecule has 0 spiro atoms. The molecule has 1 aromatic carbocycles. The maximum absolute atomic E-state index is 13.1. The van der Waals surface area contributed by atoms with Crippen molar-refractivity contribution in [3.8, 4) is 0 Å². The van der Waals surface area contributed by atoms with E-state index in [0.717, 1.165) is 4.90 Å². The van der Waals surface area contributed by atoms with Crippen molar-refractivity contribution < 1.29 is 17.6 Å². The fraction of sp³-hybridized carbons (Fsp3) is 0.400. The summed E-state index contributed by atoms with van der Waals surface area (Å²) in [4.78, 5) is 0.962. The third kappa shape index (κ3) is 2.66. The Bertz CT molecular complexity index is 351. The summed E-state index contributed by atoms with van der Waals surface area (Å²) >= 11 is 2.42. The predicted molar refractivity (Wildman–Crippen MR) is 59.6 cm³/mol. The first-order chi connectivity index (χ1) is 7.37. The fourth-order valence-corrected chi connectivity index (χ4v) is 1.33. The molecule has 0 unspecified atom stereocenters. The van der Waals surface area contributed by atoms with Crippen molar-refractivity contribution in [2.45, 2.75) is 13.8 Å². The zero-order valence-corrected chi connectivity index (χ0v) is 10.9. The van der Waals surface area contributed by atoms with Gasteiger partial charge in [0.25, 0.3) is 0 Å². The van der Waals surface area contributed by atoms with Crippen molar-refractivity contribution in [1.29, 1.82) is 0 Å². The Morgan fingerprint density at radius 3 is 1.38 bits per heavy atom. The van der Waals surface area contributed by atoms with Crippen molar-refractivity contribution in [2.75, 3.05) is 19.0 Å². The van der Waals surface area contributed by atoms with Gasteiger partial charge < -0.3 is 4.90 Å². The number of nitrogens with zero attached hydrogens (tertiary/aromatic N) is 1. The van der Waals surface area contributed by atoms with Crippen LogP contribution in [0.4, 0.5) is 23.2 Å². The lowest BCUT2D eigenvalue weighted by molar-refractivity contribution is 0.447. The first-order valence-corrected chi connectivity index (χ1v) is 5.36. The van der Waals surface area contributed by atoms with Crippen LogP contribution in [0.25, 0.3) is 0 Å². The molecule has 0 fully saturated rings. The number of rotatable bonds is 1. The minimum Gasteiger partial charge on any atom is -0.373 e. The molecule has 0 radical (unpaired) electrons. The van der Waals surface area contributed by atoms with Gasteiger partial charge in [-0.1, -0.05) is 13.8 Å². The first kappa shape index (κ1) is 15.2. The van der Waals surface area contributed by atoms with E-state index in [2.05, 4.69) is 15.9 Å². The van der Waals surface area contributed by atoms with E-state index < -0.39 is 33.4 Å². The lowest BCUT2D eigenvalue weighted by Gasteiger charge is -2.15. The van der Waals surface area contributed by atoms with E-state index in [0.29, 0.717) is 0 Å². The van der Waals surface area contributed by atoms with Gasteiger partial charge in [0.15, 0.2) is 23.3 Å². The molecule has 0 atom stereocenters. The van der Waals surface area contributed by atoms with Gasteiger partial charge in [-0.3, -0.25) is 0 Å². The molecule has 0 amide bonds. The van der Waals surface area contributed by atoms with Crippen LogP contribution in [0.5, 0.6) is 0 Å². The van der Waals surface area contributed by atoms with Gasteiger partial charge in [0.05, 0.1) is 4.47 Å². The number of hydrogen-bond acceptors (Lipinski definition) is 1. The smallest absolute Gasteiger partial charge is 0.186 e. The molecule has 0 aliphatic heterocycles. The van der Waals surface area contributed by atoms with Gasteiger partial charge in [-0.05, 0) is 15.9 Å². The van der Waals surface area contributed by atoms with Crippen molar-refractivity contribution in [3.63, 3.8) is 0 Å². The summed E-state index contributed by atoms with van der Waals surface area (Å²) in [7, 11) is 2.57. The Balaban J connectivity index is 0.00000106. The van der Waals surface area contributed by atoms with E-state index in [1.54, 1.807) is 0 Å². The predicted octanol–water partition coefficient (Wildman–Crippen LogP) is 4.10. The van der Waals surface area contributed by atoms with E-state index >= 15 is 0 Å². The number of halogens is 5. The summed E-state index contributed by atoms with van der Waals surface area (Å²) < 4.78 is 51.2. The Hall–Kier alpha value is -0.780. The van der Waals surface area contributed by atoms with Gasteiger partial charge in [0.2, 0.25) is 0 Å². The molecule has 0 aliphatic rings. The highest BCUT2D eigenvalue weighted by Gasteiger charge is 2.24. The third-order valence-corrected chi connectivity index (χ3v) is 2.33. The zero-order chi connectivity index (χ0) is 13.0. The summed E-state index contributed by atoms with van der Waals surface area (Å²) in [6.07, 6.45) is 0. The van der Waals surface area contributed by atoms with Crippen LogP contribution in [-0.4, -0.2) is 14.1 Å². The van der Waals surface area contributed by atoms with Crippen LogP contribution in [0.2, 0.25) is 0 Å². The number of benzene rings is 1. The molecule has 0 aromatic heterocycles. The SMILES string of the molecule is CC.CN(C)c1c(F)c(F)c(Br)c(F)c1F. The van der Waals surface area contributed by atoms with Crippen molar-refractivity contribution >= 4 is 21.6 Å². The molecule has 0 heterocycles. The van der Waals surface area contributed by atoms with Gasteiger partial charge in [-0.2, -0.15) is 0 Å². The molecule has 0 aliphatic carbocycles. The molecule has 6 heteroatoms. The highest BCUT2D eigenvalue weighted by Crippen LogP contribution is 2.32. The molecule has 16 heavy (non-hydrogen) atoms. The number of hydrogen-bond donors (Lipinski definition) is 0. The lowest BCUT2D eigenvalue weighted by atomic mass is 10.2. The summed E-state index contributed by atoms with van der Waals surface area (Å²) in [5.74, 6) is -5.71. The highest BCUT2D eigenvalue weighted by molar-refractivity contribution is 9.10. The molecule has 0 bridgehead atoms. The second kappa shape index (κ2) is 6.08. The van der Waals surface area contributed by atoms with Crippen molar-refractivity contribution in [2.24, 2.45) is 0 Å². The minimum atomic E-state index is -1.44. The van der Waals surface area contributed by atoms with Crippen LogP contribution < -0.4 is 4.90 Å². The molecular weight excluding hydrogens is 290 g/mol. The van der Waals surface area contributed by atoms with Crippen molar-refractivity contribution in [3.05, 3.63) is 27.7 Å². The van der Waals surface area contributed by atoms with Crippen LogP contribution in [0, 0.1) is 23.3 Å². The summed E-state index contributed by atoms with van der Waals surface area (Å²) in [5, 5.41) is 0. The van der Waals surface area contributed by atoms with Crippen LogP contribution in [0.15, 0.2) is 4.47 Å². The zero-order valence-electron chi connectivity index (χ0n) is 9.34. The first-order valence-electron chi connectivity index (χ1n) is 4.56. The molecule has 0 N–H and O–H groups in total. The maximum atomic E-state index is 13.1. The quantitative estimate of drug-likeness (QED) is 0.429. The van der Waals surface area contributed by atoms with Gasteiger partial charge in [-0.15, -0.1) is 0 Å². The average molecular weight is 302 g/mol. The van der Waals surface area contributed by atoms with Crippen LogP contribution in [0.1, 0.15) is 13.8 Å². The van der Waals surface area contributed by atoms with E-state index in [9.17, 15) is 17.6 Å². The Kier molecular flexibility index (Phi) is 5.78. The van der Waals surface area contributed by atoms with Gasteiger partial charge in [0, 0.05) is 14.1 Å². The average Bonchev–Trinajstić information content (AvgIpc) is 2.26. The Morgan fingerprint density at radius 1 is 0.812 bits per heavy atom. The number of anilines is 1. The minimum absolute atomic E-state index is 0.733. The fourth-order valence-electron chi connectivity index (χ4n) is 0.986. The van der Waals surface area contributed by atoms with E-state index in [-0.39, 0.29) is 0 Å². The van der Waals surface area contributed by atoms with Gasteiger partial charge in [0.1, 0.15) is 5.69 Å². The van der Waals surface area contributed by atoms with E-state index in [1.165, 1.54) is 14.1 Å². The van der Waals surface area contributed by atoms with E-state index in [1.807, 2.05) is 13.8 Å². The summed E-state index contributed by atoms with van der Waals surface area (Å²) in [6, 6.07) is 0. The van der Waals surface area contributed by atoms with Crippen LogP contribution >= 0.6 is 15.9 Å². The highest BCUT2D eigenvalue weighted by atomic mass is 79.9. The summed E-state index contributed by atoms with van der Waals surface area (Å²) in [6.45, 7) is 4.00. The molecule has 0 saturated carbocycles. The molecule has 0 saturated heterocycles. The standard InChI is InChI=1S/C8H6BrF4N.C2H6/c1-14(2)8-6(12)4(10)3(9)5(11)7(8)13;1-2/h1-2H3;1-2H3. The van der Waals surface area contributed by atoms with Gasteiger partial charge >= 0.3 is 0 Å².